The number of nitrogens with one attached hydrogen (secondary N) is 1. The highest BCUT2D eigenvalue weighted by Gasteiger charge is 2.10. The lowest BCUT2D eigenvalue weighted by Crippen LogP contribution is -2.27. The highest BCUT2D eigenvalue weighted by atomic mass is 16.3. The van der Waals surface area contributed by atoms with Crippen LogP contribution in [0, 0.1) is 6.92 Å². The number of fused-ring (bicyclic) bond motifs is 1. The summed E-state index contributed by atoms with van der Waals surface area (Å²) in [5.41, 5.74) is 7.99. The number of nitrogens with zero attached hydrogens (tertiary/aromatic N) is 2. The van der Waals surface area contributed by atoms with Crippen molar-refractivity contribution in [1.82, 2.24) is 14.9 Å². The summed E-state index contributed by atoms with van der Waals surface area (Å²) in [6.07, 6.45) is 1.43. The highest BCUT2D eigenvalue weighted by molar-refractivity contribution is 5.93. The second-order valence-corrected chi connectivity index (χ2v) is 5.06. The zero-order valence-corrected chi connectivity index (χ0v) is 12.4. The van der Waals surface area contributed by atoms with Gasteiger partial charge in [0.2, 0.25) is 0 Å². The number of aromatic nitrogens is 2. The topological polar surface area (TPSA) is 86.1 Å². The van der Waals surface area contributed by atoms with E-state index in [2.05, 4.69) is 14.9 Å². The van der Waals surface area contributed by atoms with Gasteiger partial charge in [-0.3, -0.25) is 4.79 Å². The average Bonchev–Trinajstić information content (AvgIpc) is 3.12. The van der Waals surface area contributed by atoms with Crippen LogP contribution in [0.15, 0.2) is 41.0 Å². The molecule has 0 saturated carbocycles. The number of rotatable bonds is 5. The van der Waals surface area contributed by atoms with Crippen LogP contribution in [0.25, 0.3) is 11.0 Å². The van der Waals surface area contributed by atoms with Crippen molar-refractivity contribution >= 4 is 16.9 Å². The quantitative estimate of drug-likeness (QED) is 0.752. The molecule has 0 spiro atoms. The number of nitrogens with two attached hydrogens (primary N) is 1. The first-order valence-corrected chi connectivity index (χ1v) is 7.16. The summed E-state index contributed by atoms with van der Waals surface area (Å²) in [4.78, 5) is 16.5. The molecule has 0 saturated heterocycles. The van der Waals surface area contributed by atoms with E-state index in [1.165, 1.54) is 6.26 Å². The van der Waals surface area contributed by atoms with E-state index in [0.717, 1.165) is 16.9 Å². The van der Waals surface area contributed by atoms with E-state index in [1.807, 2.05) is 31.2 Å². The molecular weight excluding hydrogens is 280 g/mol. The number of aryl methyl sites for hydroxylation is 1. The third-order valence-electron chi connectivity index (χ3n) is 3.58. The van der Waals surface area contributed by atoms with Gasteiger partial charge < -0.3 is 20.0 Å². The second-order valence-electron chi connectivity index (χ2n) is 5.06. The van der Waals surface area contributed by atoms with E-state index in [0.29, 0.717) is 24.4 Å². The molecule has 3 rings (SSSR count). The first-order valence-electron chi connectivity index (χ1n) is 7.16. The summed E-state index contributed by atoms with van der Waals surface area (Å²) < 4.78 is 7.26. The molecule has 0 unspecified atom stereocenters. The Morgan fingerprint density at radius 3 is 3.00 bits per heavy atom. The second kappa shape index (κ2) is 6.03. The normalized spacial score (nSPS) is 11.0. The van der Waals surface area contributed by atoms with Crippen molar-refractivity contribution in [2.75, 3.05) is 6.54 Å². The van der Waals surface area contributed by atoms with Crippen molar-refractivity contribution < 1.29 is 9.21 Å². The van der Waals surface area contributed by atoms with Crippen molar-refractivity contribution in [1.29, 1.82) is 0 Å². The molecule has 0 aliphatic carbocycles. The zero-order valence-electron chi connectivity index (χ0n) is 12.4. The van der Waals surface area contributed by atoms with Crippen LogP contribution in [-0.4, -0.2) is 22.0 Å². The van der Waals surface area contributed by atoms with Gasteiger partial charge in [0.1, 0.15) is 17.8 Å². The minimum absolute atomic E-state index is 0.162. The number of hydrogen-bond acceptors (Lipinski definition) is 4. The SMILES string of the molecule is Cc1nc2ccccc2n1CCNC(=O)c1coc(CN)c1. The Hall–Kier alpha value is -2.60. The van der Waals surface area contributed by atoms with E-state index in [-0.39, 0.29) is 12.5 Å². The van der Waals surface area contributed by atoms with E-state index in [9.17, 15) is 4.79 Å². The largest absolute Gasteiger partial charge is 0.467 e. The molecule has 6 heteroatoms. The standard InChI is InChI=1S/C16H18N4O2/c1-11-19-14-4-2-3-5-15(14)20(11)7-6-18-16(21)12-8-13(9-17)22-10-12/h2-5,8,10H,6-7,9,17H2,1H3,(H,18,21). The van der Waals surface area contributed by atoms with Crippen LogP contribution in [0.2, 0.25) is 0 Å². The maximum Gasteiger partial charge on any atom is 0.254 e. The molecule has 0 aliphatic rings. The minimum Gasteiger partial charge on any atom is -0.467 e. The van der Waals surface area contributed by atoms with Crippen molar-refractivity contribution in [3.63, 3.8) is 0 Å². The number of para-hydroxylation sites is 2. The predicted octanol–water partition coefficient (Wildman–Crippen LogP) is 1.83. The monoisotopic (exact) mass is 298 g/mol. The van der Waals surface area contributed by atoms with Crippen LogP contribution >= 0.6 is 0 Å². The Bertz CT molecular complexity index is 803. The summed E-state index contributed by atoms with van der Waals surface area (Å²) in [6, 6.07) is 9.62. The van der Waals surface area contributed by atoms with Gasteiger partial charge in [0.05, 0.1) is 23.1 Å². The molecule has 0 aliphatic heterocycles. The molecule has 114 valence electrons. The Morgan fingerprint density at radius 2 is 2.23 bits per heavy atom. The lowest BCUT2D eigenvalue weighted by Gasteiger charge is -2.07. The molecule has 0 radical (unpaired) electrons. The summed E-state index contributed by atoms with van der Waals surface area (Å²) in [5.74, 6) is 1.37. The average molecular weight is 298 g/mol. The van der Waals surface area contributed by atoms with Crippen molar-refractivity contribution in [3.8, 4) is 0 Å². The number of carbonyl (C=O) groups excluding carboxylic acids is 1. The molecular formula is C16H18N4O2. The molecule has 6 nitrogen and oxygen atoms in total. The maximum atomic E-state index is 12.0. The lowest BCUT2D eigenvalue weighted by molar-refractivity contribution is 0.0951. The smallest absolute Gasteiger partial charge is 0.254 e. The fraction of sp³-hybridized carbons (Fsp3) is 0.250. The Kier molecular flexibility index (Phi) is 3.93. The Labute approximate surface area is 127 Å². The third kappa shape index (κ3) is 2.73. The van der Waals surface area contributed by atoms with Gasteiger partial charge >= 0.3 is 0 Å². The zero-order chi connectivity index (χ0) is 15.5. The molecule has 1 amide bonds. The first-order chi connectivity index (χ1) is 10.7. The summed E-state index contributed by atoms with van der Waals surface area (Å²) in [5, 5.41) is 2.88. The van der Waals surface area contributed by atoms with E-state index in [1.54, 1.807) is 6.07 Å². The molecule has 3 aromatic rings. The van der Waals surface area contributed by atoms with Gasteiger partial charge in [0, 0.05) is 13.1 Å². The molecule has 2 heterocycles. The Balaban J connectivity index is 1.65. The van der Waals surface area contributed by atoms with Gasteiger partial charge in [-0.15, -0.1) is 0 Å². The molecule has 2 aromatic heterocycles. The maximum absolute atomic E-state index is 12.0. The first kappa shape index (κ1) is 14.3. The summed E-state index contributed by atoms with van der Waals surface area (Å²) in [6.45, 7) is 3.43. The summed E-state index contributed by atoms with van der Waals surface area (Å²) in [7, 11) is 0. The fourth-order valence-corrected chi connectivity index (χ4v) is 2.47. The molecule has 0 fully saturated rings. The van der Waals surface area contributed by atoms with Crippen LogP contribution in [0.3, 0.4) is 0 Å². The van der Waals surface area contributed by atoms with Crippen LogP contribution in [-0.2, 0) is 13.1 Å². The van der Waals surface area contributed by atoms with Gasteiger partial charge in [-0.2, -0.15) is 0 Å². The summed E-state index contributed by atoms with van der Waals surface area (Å²) >= 11 is 0. The number of imidazole rings is 1. The van der Waals surface area contributed by atoms with Crippen LogP contribution in [0.4, 0.5) is 0 Å². The van der Waals surface area contributed by atoms with E-state index in [4.69, 9.17) is 10.2 Å². The minimum atomic E-state index is -0.162. The van der Waals surface area contributed by atoms with Gasteiger partial charge in [-0.1, -0.05) is 12.1 Å². The van der Waals surface area contributed by atoms with Crippen LogP contribution < -0.4 is 11.1 Å². The number of amides is 1. The van der Waals surface area contributed by atoms with Crippen molar-refractivity contribution in [2.45, 2.75) is 20.0 Å². The predicted molar refractivity (Wildman–Crippen MR) is 83.4 cm³/mol. The Morgan fingerprint density at radius 1 is 1.41 bits per heavy atom. The molecule has 0 bridgehead atoms. The number of benzene rings is 1. The third-order valence-corrected chi connectivity index (χ3v) is 3.58. The van der Waals surface area contributed by atoms with Gasteiger partial charge in [-0.05, 0) is 25.1 Å². The number of furan rings is 1. The van der Waals surface area contributed by atoms with Gasteiger partial charge in [-0.25, -0.2) is 4.98 Å². The van der Waals surface area contributed by atoms with E-state index < -0.39 is 0 Å². The number of hydrogen-bond donors (Lipinski definition) is 2. The number of carbonyl (C=O) groups is 1. The molecule has 0 atom stereocenters. The van der Waals surface area contributed by atoms with Crippen molar-refractivity contribution in [3.05, 3.63) is 53.7 Å². The fourth-order valence-electron chi connectivity index (χ4n) is 2.47. The van der Waals surface area contributed by atoms with Gasteiger partial charge in [0.25, 0.3) is 5.91 Å². The highest BCUT2D eigenvalue weighted by Crippen LogP contribution is 2.14. The molecule has 1 aromatic carbocycles. The molecule has 22 heavy (non-hydrogen) atoms. The van der Waals surface area contributed by atoms with Gasteiger partial charge in [0.15, 0.2) is 0 Å². The van der Waals surface area contributed by atoms with Crippen LogP contribution in [0.5, 0.6) is 0 Å². The lowest BCUT2D eigenvalue weighted by atomic mass is 10.3. The van der Waals surface area contributed by atoms with E-state index >= 15 is 0 Å². The van der Waals surface area contributed by atoms with Crippen LogP contribution in [0.1, 0.15) is 21.9 Å². The van der Waals surface area contributed by atoms with Crippen molar-refractivity contribution in [2.24, 2.45) is 5.73 Å². The molecule has 3 N–H and O–H groups in total.